The summed E-state index contributed by atoms with van der Waals surface area (Å²) in [7, 11) is -3.81. The molecule has 0 bridgehead atoms. The molecule has 0 unspecified atom stereocenters. The highest BCUT2D eigenvalue weighted by atomic mass is 35.5. The quantitative estimate of drug-likeness (QED) is 0.0560. The maximum atomic E-state index is 13.2. The molecule has 0 fully saturated rings. The molecule has 408 valence electrons. The average molecular weight is 1130 g/mol. The van der Waals surface area contributed by atoms with E-state index in [9.17, 15) is 13.2 Å². The number of hydrogen-bond acceptors (Lipinski definition) is 13. The van der Waals surface area contributed by atoms with E-state index in [4.69, 9.17) is 36.1 Å². The molecule has 0 radical (unpaired) electrons. The number of halogens is 4. The molecular weight excluding hydrogens is 1080 g/mol. The Hall–Kier alpha value is -7.83. The summed E-state index contributed by atoms with van der Waals surface area (Å²) in [4.78, 5) is 40.9. The van der Waals surface area contributed by atoms with Crippen molar-refractivity contribution in [1.29, 1.82) is 0 Å². The van der Waals surface area contributed by atoms with Crippen LogP contribution in [0.25, 0.3) is 88.7 Å². The Balaban J connectivity index is 0.000000135. The third-order valence-corrected chi connectivity index (χ3v) is 16.3. The van der Waals surface area contributed by atoms with Gasteiger partial charge in [0.2, 0.25) is 17.8 Å². The molecule has 12 aromatic rings. The first-order valence-electron chi connectivity index (χ1n) is 25.6. The van der Waals surface area contributed by atoms with Gasteiger partial charge in [-0.3, -0.25) is 9.13 Å². The van der Waals surface area contributed by atoms with Crippen LogP contribution in [0.5, 0.6) is 0 Å². The molecule has 0 aliphatic heterocycles. The van der Waals surface area contributed by atoms with Crippen molar-refractivity contribution >= 4 is 107 Å². The molecule has 3 N–H and O–H groups in total. The fraction of sp³-hybridized carbons (Fsp3) is 0.211. The lowest BCUT2D eigenvalue weighted by molar-refractivity contribution is 0.0921. The largest absolute Gasteiger partial charge is 0.490 e. The van der Waals surface area contributed by atoms with Gasteiger partial charge in [-0.1, -0.05) is 56.9 Å². The molecule has 12 rings (SSSR count). The number of aromatic nitrogens is 12. The van der Waals surface area contributed by atoms with Crippen LogP contribution < -0.4 is 5.46 Å². The summed E-state index contributed by atoms with van der Waals surface area (Å²) in [6.07, 6.45) is 9.36. The van der Waals surface area contributed by atoms with Gasteiger partial charge in [0.05, 0.1) is 11.4 Å². The Morgan fingerprint density at radius 3 is 1.44 bits per heavy atom. The molecule has 0 saturated heterocycles. The number of ether oxygens (including phenoxy) is 2. The van der Waals surface area contributed by atoms with Gasteiger partial charge in [-0.25, -0.2) is 44.9 Å². The van der Waals surface area contributed by atoms with E-state index in [0.29, 0.717) is 18.6 Å². The van der Waals surface area contributed by atoms with E-state index in [2.05, 4.69) is 90.2 Å². The van der Waals surface area contributed by atoms with E-state index >= 15 is 0 Å². The number of nitrogens with zero attached hydrogens (tertiary/aromatic N) is 11. The number of hydrogen-bond donors (Lipinski definition) is 3. The third-order valence-electron chi connectivity index (χ3n) is 12.7. The summed E-state index contributed by atoms with van der Waals surface area (Å²) in [6, 6.07) is 34.1. The second kappa shape index (κ2) is 25.1. The van der Waals surface area contributed by atoms with Gasteiger partial charge in [0.25, 0.3) is 0 Å². The Bertz CT molecular complexity index is 4050. The van der Waals surface area contributed by atoms with E-state index in [1.165, 1.54) is 30.6 Å². The van der Waals surface area contributed by atoms with Crippen LogP contribution in [0.4, 0.5) is 13.2 Å². The SMILES string of the molecule is C[Si](C)(C)CCOCn1c2ncccc2c2ccc(-c3ccc(F)nc3)nc21.C[Si](C)(C)CCOCn1c2ncccc2c2ccc(Cl)nc21.Fc1ccc(-c2ccc3c(n2)[nH]c2ncccc23)cn1.OB(O)c1ccc(F)nc1. The van der Waals surface area contributed by atoms with Gasteiger partial charge < -0.3 is 24.5 Å². The van der Waals surface area contributed by atoms with Crippen molar-refractivity contribution in [3.63, 3.8) is 0 Å². The van der Waals surface area contributed by atoms with Crippen LogP contribution in [-0.2, 0) is 22.9 Å². The molecule has 0 aliphatic carbocycles. The molecule has 16 nitrogen and oxygen atoms in total. The molecule has 0 atom stereocenters. The standard InChI is InChI=1S/C21H23FN4OSi.C16H20ClN3OSi.C15H9FN4.C5H5BFNO2/c1-28(2,3)12-11-27-14-26-20-16(5-4-10-23-20)17-7-8-18(25-21(17)26)15-6-9-19(22)24-13-15;1-22(2,3)10-9-21-11-20-15-12(5-4-8-18-15)13-6-7-14(17)19-16(13)20;16-13-6-3-9(8-18-13)12-5-4-11-10-2-1-7-17-14(10)20-15(11)19-12;7-5-2-1-4(3-8-5)6(9)10/h4-10,13H,11-12,14H2,1-3H3;4-8H,9-11H2,1-3H3;1-8H,(H,17,19,20);1-3,9-10H. The fourth-order valence-electron chi connectivity index (χ4n) is 8.39. The smallest absolute Gasteiger partial charge is 0.423 e. The average Bonchev–Trinajstić information content (AvgIpc) is 4.10. The van der Waals surface area contributed by atoms with E-state index in [0.717, 1.165) is 126 Å². The zero-order valence-corrected chi connectivity index (χ0v) is 47.6. The number of rotatable bonds is 13. The molecule has 0 aliphatic rings. The Kier molecular flexibility index (Phi) is 17.8. The molecule has 80 heavy (non-hydrogen) atoms. The summed E-state index contributed by atoms with van der Waals surface area (Å²) in [5, 5.41) is 23.8. The van der Waals surface area contributed by atoms with Gasteiger partial charge in [0.15, 0.2) is 0 Å². The fourth-order valence-corrected chi connectivity index (χ4v) is 10.0. The van der Waals surface area contributed by atoms with Crippen molar-refractivity contribution in [2.75, 3.05) is 13.2 Å². The maximum absolute atomic E-state index is 13.2. The number of nitrogens with one attached hydrogen (secondary N) is 1. The zero-order valence-electron chi connectivity index (χ0n) is 44.8. The topological polar surface area (TPSA) is 201 Å². The van der Waals surface area contributed by atoms with Crippen LogP contribution >= 0.6 is 11.6 Å². The number of H-pyrrole nitrogens is 1. The highest BCUT2D eigenvalue weighted by molar-refractivity contribution is 6.76. The van der Waals surface area contributed by atoms with Gasteiger partial charge >= 0.3 is 7.12 Å². The third kappa shape index (κ3) is 14.1. The number of pyridine rings is 9. The summed E-state index contributed by atoms with van der Waals surface area (Å²) in [6.45, 7) is 16.4. The van der Waals surface area contributed by atoms with E-state index in [1.807, 2.05) is 75.9 Å². The van der Waals surface area contributed by atoms with Crippen LogP contribution in [0.3, 0.4) is 0 Å². The number of aromatic amines is 1. The summed E-state index contributed by atoms with van der Waals surface area (Å²) in [5.74, 6) is -1.63. The lowest BCUT2D eigenvalue weighted by Crippen LogP contribution is -2.30. The summed E-state index contributed by atoms with van der Waals surface area (Å²) >= 11 is 6.06. The second-order valence-corrected chi connectivity index (χ2v) is 32.6. The molecule has 0 aromatic carbocycles. The van der Waals surface area contributed by atoms with Crippen molar-refractivity contribution in [2.45, 2.75) is 64.8 Å². The Labute approximate surface area is 465 Å². The normalized spacial score (nSPS) is 11.7. The minimum atomic E-state index is -1.58. The minimum absolute atomic E-state index is 0.182. The molecule has 0 saturated carbocycles. The first-order valence-corrected chi connectivity index (χ1v) is 33.4. The lowest BCUT2D eigenvalue weighted by Gasteiger charge is -2.16. The van der Waals surface area contributed by atoms with Gasteiger partial charge in [-0.2, -0.15) is 13.2 Å². The maximum Gasteiger partial charge on any atom is 0.490 e. The van der Waals surface area contributed by atoms with Gasteiger partial charge in [-0.05, 0) is 115 Å². The molecular formula is C57H57BClF3N12O4Si2. The van der Waals surface area contributed by atoms with Crippen molar-refractivity contribution in [3.8, 4) is 22.5 Å². The molecule has 0 spiro atoms. The molecule has 12 heterocycles. The molecule has 12 aromatic heterocycles. The molecule has 0 amide bonds. The van der Waals surface area contributed by atoms with E-state index in [1.54, 1.807) is 30.7 Å². The van der Waals surface area contributed by atoms with E-state index < -0.39 is 41.1 Å². The summed E-state index contributed by atoms with van der Waals surface area (Å²) < 4.78 is 54.0. The van der Waals surface area contributed by atoms with Crippen molar-refractivity contribution in [2.24, 2.45) is 0 Å². The van der Waals surface area contributed by atoms with Crippen LogP contribution in [-0.4, -0.2) is 106 Å². The second-order valence-electron chi connectivity index (χ2n) is 21.0. The minimum Gasteiger partial charge on any atom is -0.423 e. The first kappa shape index (κ1) is 56.9. The zero-order chi connectivity index (χ0) is 56.6. The van der Waals surface area contributed by atoms with Crippen LogP contribution in [0.1, 0.15) is 0 Å². The highest BCUT2D eigenvalue weighted by Crippen LogP contribution is 2.31. The van der Waals surface area contributed by atoms with E-state index in [-0.39, 0.29) is 5.46 Å². The van der Waals surface area contributed by atoms with Gasteiger partial charge in [-0.15, -0.1) is 0 Å². The predicted octanol–water partition coefficient (Wildman–Crippen LogP) is 11.9. The van der Waals surface area contributed by atoms with Gasteiger partial charge in [0.1, 0.15) is 52.5 Å². The first-order chi connectivity index (χ1) is 38.4. The van der Waals surface area contributed by atoms with Crippen LogP contribution in [0, 0.1) is 17.8 Å². The van der Waals surface area contributed by atoms with Crippen molar-refractivity contribution in [1.82, 2.24) is 59.0 Å². The Morgan fingerprint density at radius 1 is 0.487 bits per heavy atom. The highest BCUT2D eigenvalue weighted by Gasteiger charge is 2.18. The lowest BCUT2D eigenvalue weighted by atomic mass is 9.82. The van der Waals surface area contributed by atoms with Crippen molar-refractivity contribution < 1.29 is 32.7 Å². The van der Waals surface area contributed by atoms with Gasteiger partial charge in [0, 0.05) is 115 Å². The summed E-state index contributed by atoms with van der Waals surface area (Å²) in [5.41, 5.74) is 8.17. The predicted molar refractivity (Wildman–Crippen MR) is 315 cm³/mol. The van der Waals surface area contributed by atoms with Crippen molar-refractivity contribution in [3.05, 3.63) is 169 Å². The Morgan fingerprint density at radius 2 is 0.938 bits per heavy atom. The monoisotopic (exact) mass is 1130 g/mol. The van der Waals surface area contributed by atoms with Crippen LogP contribution in [0.15, 0.2) is 146 Å². The molecule has 23 heteroatoms. The van der Waals surface area contributed by atoms with Crippen LogP contribution in [0.2, 0.25) is 56.5 Å². The number of fused-ring (bicyclic) bond motifs is 9.